The average Bonchev–Trinajstić information content (AvgIpc) is 2.92. The summed E-state index contributed by atoms with van der Waals surface area (Å²) < 4.78 is 5.51. The largest absolute Gasteiger partial charge is 0.464 e. The van der Waals surface area contributed by atoms with Crippen molar-refractivity contribution >= 4 is 11.0 Å². The molecule has 3 rings (SSSR count). The molecule has 1 fully saturated rings. The van der Waals surface area contributed by atoms with Crippen LogP contribution in [-0.4, -0.2) is 18.3 Å². The van der Waals surface area contributed by atoms with E-state index in [1.165, 1.54) is 5.56 Å². The molecular weight excluding hydrogens is 202 g/mol. The van der Waals surface area contributed by atoms with E-state index < -0.39 is 0 Å². The van der Waals surface area contributed by atoms with Gasteiger partial charge < -0.3 is 15.3 Å². The van der Waals surface area contributed by atoms with Crippen LogP contribution in [-0.2, 0) is 0 Å². The Morgan fingerprint density at radius 1 is 1.44 bits per heavy atom. The molecule has 0 bridgehead atoms. The maximum atomic E-state index is 9.39. The van der Waals surface area contributed by atoms with Crippen molar-refractivity contribution in [1.82, 2.24) is 0 Å². The van der Waals surface area contributed by atoms with E-state index in [0.29, 0.717) is 12.5 Å². The minimum atomic E-state index is -0.105. The second-order valence-electron chi connectivity index (χ2n) is 4.67. The Morgan fingerprint density at radius 3 is 2.94 bits per heavy atom. The average molecular weight is 217 g/mol. The number of nitrogens with two attached hydrogens (primary N) is 1. The molecule has 1 saturated carbocycles. The summed E-state index contributed by atoms with van der Waals surface area (Å²) in [6.07, 6.45) is 2.77. The van der Waals surface area contributed by atoms with Crippen LogP contribution in [0.1, 0.15) is 17.9 Å². The molecule has 3 N–H and O–H groups in total. The van der Waals surface area contributed by atoms with Crippen LogP contribution in [0.15, 0.2) is 34.9 Å². The highest BCUT2D eigenvalue weighted by molar-refractivity contribution is 5.82. The van der Waals surface area contributed by atoms with Gasteiger partial charge in [-0.3, -0.25) is 0 Å². The van der Waals surface area contributed by atoms with E-state index >= 15 is 0 Å². The van der Waals surface area contributed by atoms with Crippen molar-refractivity contribution in [2.75, 3.05) is 13.2 Å². The Balaban J connectivity index is 2.03. The summed E-state index contributed by atoms with van der Waals surface area (Å²) in [7, 11) is 0. The van der Waals surface area contributed by atoms with E-state index in [-0.39, 0.29) is 12.0 Å². The third-order valence-electron chi connectivity index (χ3n) is 3.80. The number of aliphatic hydroxyl groups is 1. The molecule has 0 spiro atoms. The van der Waals surface area contributed by atoms with Crippen LogP contribution in [0.4, 0.5) is 0 Å². The molecule has 84 valence electrons. The number of rotatable bonds is 3. The molecule has 2 aromatic rings. The van der Waals surface area contributed by atoms with Crippen LogP contribution in [0, 0.1) is 5.41 Å². The van der Waals surface area contributed by atoms with Crippen LogP contribution in [0.25, 0.3) is 11.0 Å². The number of hydrogen-bond acceptors (Lipinski definition) is 3. The summed E-state index contributed by atoms with van der Waals surface area (Å²) in [4.78, 5) is 0. The van der Waals surface area contributed by atoms with Gasteiger partial charge in [0.15, 0.2) is 0 Å². The zero-order chi connectivity index (χ0) is 11.2. The van der Waals surface area contributed by atoms with Crippen molar-refractivity contribution in [3.8, 4) is 0 Å². The van der Waals surface area contributed by atoms with E-state index in [1.807, 2.05) is 24.5 Å². The fourth-order valence-corrected chi connectivity index (χ4v) is 2.52. The second-order valence-corrected chi connectivity index (χ2v) is 4.67. The van der Waals surface area contributed by atoms with Gasteiger partial charge in [0, 0.05) is 22.9 Å². The van der Waals surface area contributed by atoms with Crippen molar-refractivity contribution in [3.05, 3.63) is 36.1 Å². The Bertz CT molecular complexity index is 513. The molecule has 3 heteroatoms. The van der Waals surface area contributed by atoms with Crippen LogP contribution >= 0.6 is 0 Å². The molecule has 1 heterocycles. The lowest BCUT2D eigenvalue weighted by molar-refractivity contribution is 0.211. The van der Waals surface area contributed by atoms with Gasteiger partial charge in [-0.05, 0) is 18.4 Å². The summed E-state index contributed by atoms with van der Waals surface area (Å²) in [6, 6.07) is 7.99. The molecule has 1 aromatic carbocycles. The van der Waals surface area contributed by atoms with E-state index in [0.717, 1.165) is 17.4 Å². The van der Waals surface area contributed by atoms with Crippen LogP contribution in [0.3, 0.4) is 0 Å². The fourth-order valence-electron chi connectivity index (χ4n) is 2.52. The number of para-hydroxylation sites is 1. The van der Waals surface area contributed by atoms with Gasteiger partial charge in [0.1, 0.15) is 5.58 Å². The fraction of sp³-hybridized carbons (Fsp3) is 0.385. The summed E-state index contributed by atoms with van der Waals surface area (Å²) >= 11 is 0. The second kappa shape index (κ2) is 3.34. The highest BCUT2D eigenvalue weighted by Gasteiger charge is 2.54. The number of furan rings is 1. The van der Waals surface area contributed by atoms with Gasteiger partial charge in [0.2, 0.25) is 0 Å². The van der Waals surface area contributed by atoms with Gasteiger partial charge >= 0.3 is 0 Å². The van der Waals surface area contributed by atoms with Gasteiger partial charge in [-0.15, -0.1) is 0 Å². The lowest BCUT2D eigenvalue weighted by Crippen LogP contribution is -2.21. The molecule has 3 nitrogen and oxygen atoms in total. The molecule has 1 aliphatic rings. The van der Waals surface area contributed by atoms with Crippen molar-refractivity contribution in [3.63, 3.8) is 0 Å². The first-order chi connectivity index (χ1) is 7.80. The number of benzene rings is 1. The molecule has 0 amide bonds. The van der Waals surface area contributed by atoms with Gasteiger partial charge in [0.05, 0.1) is 12.9 Å². The van der Waals surface area contributed by atoms with E-state index in [4.69, 9.17) is 10.2 Å². The summed E-state index contributed by atoms with van der Waals surface area (Å²) in [5.41, 5.74) is 7.73. The zero-order valence-electron chi connectivity index (χ0n) is 9.02. The first-order valence-electron chi connectivity index (χ1n) is 5.58. The lowest BCUT2D eigenvalue weighted by atomic mass is 10.00. The van der Waals surface area contributed by atoms with Crippen LogP contribution < -0.4 is 5.73 Å². The number of aliphatic hydroxyl groups excluding tert-OH is 1. The van der Waals surface area contributed by atoms with Crippen molar-refractivity contribution in [1.29, 1.82) is 0 Å². The Hall–Kier alpha value is -1.32. The normalized spacial score (nSPS) is 28.5. The maximum absolute atomic E-state index is 9.39. The minimum Gasteiger partial charge on any atom is -0.464 e. The summed E-state index contributed by atoms with van der Waals surface area (Å²) in [5, 5.41) is 10.5. The Kier molecular flexibility index (Phi) is 2.06. The van der Waals surface area contributed by atoms with E-state index in [1.54, 1.807) is 0 Å². The van der Waals surface area contributed by atoms with Crippen molar-refractivity contribution in [2.24, 2.45) is 11.1 Å². The standard InChI is InChI=1S/C13H15NO2/c14-7-13(8-15)5-11(13)10-6-16-12-4-2-1-3-9(10)12/h1-4,6,11,15H,5,7-8,14H2. The Morgan fingerprint density at radius 2 is 2.25 bits per heavy atom. The molecule has 0 saturated heterocycles. The highest BCUT2D eigenvalue weighted by Crippen LogP contribution is 2.59. The highest BCUT2D eigenvalue weighted by atomic mass is 16.3. The molecule has 2 unspecified atom stereocenters. The summed E-state index contributed by atoms with van der Waals surface area (Å²) in [6.45, 7) is 0.696. The first-order valence-corrected chi connectivity index (χ1v) is 5.58. The molecule has 0 aliphatic heterocycles. The monoisotopic (exact) mass is 217 g/mol. The van der Waals surface area contributed by atoms with E-state index in [2.05, 4.69) is 6.07 Å². The minimum absolute atomic E-state index is 0.105. The van der Waals surface area contributed by atoms with Crippen molar-refractivity contribution in [2.45, 2.75) is 12.3 Å². The van der Waals surface area contributed by atoms with Crippen LogP contribution in [0.2, 0.25) is 0 Å². The Labute approximate surface area is 93.9 Å². The van der Waals surface area contributed by atoms with Crippen molar-refractivity contribution < 1.29 is 9.52 Å². The molecule has 1 aromatic heterocycles. The zero-order valence-corrected chi connectivity index (χ0v) is 9.02. The smallest absolute Gasteiger partial charge is 0.134 e. The van der Waals surface area contributed by atoms with Gasteiger partial charge in [-0.1, -0.05) is 18.2 Å². The third-order valence-corrected chi connectivity index (χ3v) is 3.80. The van der Waals surface area contributed by atoms with Gasteiger partial charge in [0.25, 0.3) is 0 Å². The molecule has 1 aliphatic carbocycles. The van der Waals surface area contributed by atoms with Gasteiger partial charge in [-0.25, -0.2) is 0 Å². The maximum Gasteiger partial charge on any atom is 0.134 e. The number of fused-ring (bicyclic) bond motifs is 1. The first kappa shape index (κ1) is 9.87. The predicted octanol–water partition coefficient (Wildman–Crippen LogP) is 1.86. The van der Waals surface area contributed by atoms with Gasteiger partial charge in [-0.2, -0.15) is 0 Å². The molecule has 0 radical (unpaired) electrons. The molecular formula is C13H15NO2. The quantitative estimate of drug-likeness (QED) is 0.825. The van der Waals surface area contributed by atoms with Crippen LogP contribution in [0.5, 0.6) is 0 Å². The predicted molar refractivity (Wildman–Crippen MR) is 62.1 cm³/mol. The topological polar surface area (TPSA) is 59.4 Å². The lowest BCUT2D eigenvalue weighted by Gasteiger charge is -2.09. The molecule has 2 atom stereocenters. The van der Waals surface area contributed by atoms with E-state index in [9.17, 15) is 5.11 Å². The molecule has 16 heavy (non-hydrogen) atoms. The summed E-state index contributed by atoms with van der Waals surface area (Å²) in [5.74, 6) is 0.353. The SMILES string of the molecule is NCC1(CO)CC1c1coc2ccccc12. The number of hydrogen-bond donors (Lipinski definition) is 2. The third kappa shape index (κ3) is 1.22.